The summed E-state index contributed by atoms with van der Waals surface area (Å²) in [6.07, 6.45) is 1.84. The highest BCUT2D eigenvalue weighted by molar-refractivity contribution is 7.98. The predicted molar refractivity (Wildman–Crippen MR) is 108 cm³/mol. The van der Waals surface area contributed by atoms with Gasteiger partial charge in [-0.15, -0.1) is 11.8 Å². The number of carbonyl (C=O) groups is 2. The van der Waals surface area contributed by atoms with Gasteiger partial charge in [0.2, 0.25) is 0 Å². The molecule has 146 valence electrons. The van der Waals surface area contributed by atoms with Gasteiger partial charge in [-0.3, -0.25) is 19.7 Å². The zero-order valence-corrected chi connectivity index (χ0v) is 16.7. The average Bonchev–Trinajstić information content (AvgIpc) is 2.72. The first-order valence-electron chi connectivity index (χ1n) is 8.57. The number of nitro benzene ring substituents is 1. The molecule has 7 nitrogen and oxygen atoms in total. The fourth-order valence-corrected chi connectivity index (χ4v) is 3.60. The molecular formula is C19H18ClN3O4S. The Morgan fingerprint density at radius 3 is 2.11 bits per heavy atom. The van der Waals surface area contributed by atoms with Crippen LogP contribution in [0.1, 0.15) is 20.7 Å². The van der Waals surface area contributed by atoms with Gasteiger partial charge in [-0.2, -0.15) is 0 Å². The average molecular weight is 420 g/mol. The number of thioether (sulfide) groups is 1. The molecule has 9 heteroatoms. The second-order valence-electron chi connectivity index (χ2n) is 6.23. The highest BCUT2D eigenvalue weighted by atomic mass is 35.5. The van der Waals surface area contributed by atoms with Crippen LogP contribution in [0.15, 0.2) is 47.4 Å². The Hall–Kier alpha value is -2.58. The smallest absolute Gasteiger partial charge is 0.282 e. The third-order valence-electron chi connectivity index (χ3n) is 4.58. The molecule has 1 aliphatic heterocycles. The van der Waals surface area contributed by atoms with Crippen LogP contribution in [0.2, 0.25) is 5.02 Å². The van der Waals surface area contributed by atoms with Crippen molar-refractivity contribution in [3.8, 4) is 0 Å². The van der Waals surface area contributed by atoms with Gasteiger partial charge in [-0.05, 0) is 42.7 Å². The minimum absolute atomic E-state index is 0.0781. The summed E-state index contributed by atoms with van der Waals surface area (Å²) in [5.41, 5.74) is 0.407. The predicted octanol–water partition coefficient (Wildman–Crippen LogP) is 3.57. The molecule has 28 heavy (non-hydrogen) atoms. The van der Waals surface area contributed by atoms with Crippen LogP contribution < -0.4 is 0 Å². The molecule has 0 saturated carbocycles. The summed E-state index contributed by atoms with van der Waals surface area (Å²) < 4.78 is 0. The van der Waals surface area contributed by atoms with E-state index < -0.39 is 4.92 Å². The molecule has 0 aromatic heterocycles. The van der Waals surface area contributed by atoms with E-state index in [1.54, 1.807) is 46.2 Å². The Morgan fingerprint density at radius 1 is 1.00 bits per heavy atom. The molecule has 0 unspecified atom stereocenters. The Morgan fingerprint density at radius 2 is 1.57 bits per heavy atom. The maximum atomic E-state index is 12.9. The lowest BCUT2D eigenvalue weighted by Crippen LogP contribution is -2.50. The van der Waals surface area contributed by atoms with Crippen LogP contribution in [-0.4, -0.2) is 59.0 Å². The fourth-order valence-electron chi connectivity index (χ4n) is 3.03. The highest BCUT2D eigenvalue weighted by Crippen LogP contribution is 2.26. The first kappa shape index (κ1) is 20.2. The minimum Gasteiger partial charge on any atom is -0.335 e. The lowest BCUT2D eigenvalue weighted by molar-refractivity contribution is -0.385. The van der Waals surface area contributed by atoms with Crippen molar-refractivity contribution in [2.75, 3.05) is 32.4 Å². The summed E-state index contributed by atoms with van der Waals surface area (Å²) in [4.78, 5) is 40.2. The zero-order chi connectivity index (χ0) is 20.3. The van der Waals surface area contributed by atoms with Crippen LogP contribution in [0, 0.1) is 10.1 Å². The number of hydrogen-bond donors (Lipinski definition) is 0. The van der Waals surface area contributed by atoms with Gasteiger partial charge in [0.05, 0.1) is 4.92 Å². The first-order valence-corrected chi connectivity index (χ1v) is 10.2. The molecule has 1 saturated heterocycles. The molecule has 0 radical (unpaired) electrons. The van der Waals surface area contributed by atoms with Gasteiger partial charge >= 0.3 is 0 Å². The van der Waals surface area contributed by atoms with E-state index in [1.807, 2.05) is 6.26 Å². The second kappa shape index (κ2) is 8.62. The van der Waals surface area contributed by atoms with Crippen LogP contribution >= 0.6 is 23.4 Å². The maximum Gasteiger partial charge on any atom is 0.282 e. The number of benzene rings is 2. The number of nitrogens with zero attached hydrogens (tertiary/aromatic N) is 3. The maximum absolute atomic E-state index is 12.9. The molecule has 3 rings (SSSR count). The van der Waals surface area contributed by atoms with Gasteiger partial charge in [0.1, 0.15) is 5.56 Å². The summed E-state index contributed by atoms with van der Waals surface area (Å²) in [7, 11) is 0. The Kier molecular flexibility index (Phi) is 6.21. The second-order valence-corrected chi connectivity index (χ2v) is 7.55. The van der Waals surface area contributed by atoms with Gasteiger partial charge in [-0.25, -0.2) is 0 Å². The first-order chi connectivity index (χ1) is 13.4. The Labute approximate surface area is 171 Å². The van der Waals surface area contributed by atoms with E-state index in [1.165, 1.54) is 17.8 Å². The van der Waals surface area contributed by atoms with E-state index in [0.717, 1.165) is 4.90 Å². The quantitative estimate of drug-likeness (QED) is 0.429. The molecule has 0 aliphatic carbocycles. The van der Waals surface area contributed by atoms with E-state index in [4.69, 9.17) is 11.6 Å². The molecule has 2 aromatic carbocycles. The zero-order valence-electron chi connectivity index (χ0n) is 15.1. The van der Waals surface area contributed by atoms with E-state index >= 15 is 0 Å². The molecule has 0 bridgehead atoms. The third-order valence-corrected chi connectivity index (χ3v) is 5.55. The highest BCUT2D eigenvalue weighted by Gasteiger charge is 2.29. The Balaban J connectivity index is 1.71. The number of nitro groups is 1. The van der Waals surface area contributed by atoms with E-state index in [0.29, 0.717) is 36.8 Å². The van der Waals surface area contributed by atoms with Crippen LogP contribution in [0.25, 0.3) is 0 Å². The summed E-state index contributed by atoms with van der Waals surface area (Å²) in [6, 6.07) is 11.2. The van der Waals surface area contributed by atoms with Crippen LogP contribution in [0.5, 0.6) is 0 Å². The number of halogens is 1. The number of piperazine rings is 1. The monoisotopic (exact) mass is 419 g/mol. The lowest BCUT2D eigenvalue weighted by Gasteiger charge is -2.34. The van der Waals surface area contributed by atoms with Gasteiger partial charge in [0, 0.05) is 47.7 Å². The van der Waals surface area contributed by atoms with Crippen molar-refractivity contribution in [2.24, 2.45) is 0 Å². The standard InChI is InChI=1S/C19H18ClN3O4S/c1-28-15-6-7-17(23(26)27)16(12-15)19(25)22-10-8-21(9-11-22)18(24)13-2-4-14(20)5-3-13/h2-7,12H,8-11H2,1H3. The summed E-state index contributed by atoms with van der Waals surface area (Å²) in [6.45, 7) is 1.37. The number of amides is 2. The van der Waals surface area contributed by atoms with E-state index in [9.17, 15) is 19.7 Å². The normalized spacial score (nSPS) is 14.1. The molecule has 1 aliphatic rings. The topological polar surface area (TPSA) is 83.8 Å². The van der Waals surface area contributed by atoms with Crippen molar-refractivity contribution in [1.29, 1.82) is 0 Å². The molecule has 1 fully saturated rings. The molecule has 0 N–H and O–H groups in total. The minimum atomic E-state index is -0.544. The van der Waals surface area contributed by atoms with Crippen LogP contribution in [0.4, 0.5) is 5.69 Å². The van der Waals surface area contributed by atoms with Crippen LogP contribution in [0.3, 0.4) is 0 Å². The van der Waals surface area contributed by atoms with Gasteiger partial charge in [-0.1, -0.05) is 11.6 Å². The number of rotatable bonds is 4. The van der Waals surface area contributed by atoms with Crippen molar-refractivity contribution in [2.45, 2.75) is 4.90 Å². The van der Waals surface area contributed by atoms with Crippen molar-refractivity contribution in [1.82, 2.24) is 9.80 Å². The largest absolute Gasteiger partial charge is 0.335 e. The van der Waals surface area contributed by atoms with Gasteiger partial charge in [0.15, 0.2) is 0 Å². The van der Waals surface area contributed by atoms with E-state index in [-0.39, 0.29) is 23.1 Å². The molecule has 1 heterocycles. The molecule has 2 amide bonds. The van der Waals surface area contributed by atoms with Crippen molar-refractivity contribution >= 4 is 40.9 Å². The Bertz CT molecular complexity index is 912. The molecule has 2 aromatic rings. The molecule has 0 atom stereocenters. The summed E-state index contributed by atoms with van der Waals surface area (Å²) in [5, 5.41) is 11.9. The van der Waals surface area contributed by atoms with Crippen molar-refractivity contribution in [3.63, 3.8) is 0 Å². The van der Waals surface area contributed by atoms with Gasteiger partial charge in [0.25, 0.3) is 17.5 Å². The summed E-state index contributed by atoms with van der Waals surface area (Å²) in [5.74, 6) is -0.514. The number of hydrogen-bond acceptors (Lipinski definition) is 5. The third kappa shape index (κ3) is 4.28. The molecular weight excluding hydrogens is 402 g/mol. The summed E-state index contributed by atoms with van der Waals surface area (Å²) >= 11 is 7.27. The van der Waals surface area contributed by atoms with Gasteiger partial charge < -0.3 is 9.80 Å². The van der Waals surface area contributed by atoms with Crippen molar-refractivity contribution in [3.05, 3.63) is 68.7 Å². The fraction of sp³-hybridized carbons (Fsp3) is 0.263. The van der Waals surface area contributed by atoms with E-state index in [2.05, 4.69) is 0 Å². The number of carbonyl (C=O) groups excluding carboxylic acids is 2. The van der Waals surface area contributed by atoms with Crippen LogP contribution in [-0.2, 0) is 0 Å². The SMILES string of the molecule is CSc1ccc([N+](=O)[O-])c(C(=O)N2CCN(C(=O)c3ccc(Cl)cc3)CC2)c1. The lowest BCUT2D eigenvalue weighted by atomic mass is 10.1. The molecule has 0 spiro atoms. The van der Waals surface area contributed by atoms with Crippen molar-refractivity contribution < 1.29 is 14.5 Å².